The van der Waals surface area contributed by atoms with Gasteiger partial charge in [0, 0.05) is 26.0 Å². The Balaban J connectivity index is 2.14. The second-order valence-electron chi connectivity index (χ2n) is 25.1. The molecule has 2 fully saturated rings. The number of nitrogens with two attached hydrogens (primary N) is 1. The highest BCUT2D eigenvalue weighted by atomic mass is 16.5. The highest BCUT2D eigenvalue weighted by Crippen LogP contribution is 2.29. The number of piperidine rings is 1. The Kier molecular flexibility index (Phi) is 32.9. The number of phenolic OH excluding ortho intramolecular Hbond substituents is 1. The number of aliphatic hydroxyl groups excluding tert-OH is 3. The summed E-state index contributed by atoms with van der Waals surface area (Å²) in [6.45, 7) is 14.7. The van der Waals surface area contributed by atoms with Crippen LogP contribution in [0.4, 0.5) is 0 Å². The molecule has 33 heteroatoms. The van der Waals surface area contributed by atoms with Gasteiger partial charge in [0.2, 0.25) is 59.1 Å². The molecule has 546 valence electrons. The second-order valence-corrected chi connectivity index (χ2v) is 25.1. The van der Waals surface area contributed by atoms with Crippen molar-refractivity contribution in [1.29, 1.82) is 0 Å². The molecule has 16 atom stereocenters. The highest BCUT2D eigenvalue weighted by Gasteiger charge is 2.45. The number of aromatic hydroxyl groups is 1. The lowest BCUT2D eigenvalue weighted by atomic mass is 9.87. The Morgan fingerprint density at radius 3 is 2.09 bits per heavy atom. The van der Waals surface area contributed by atoms with E-state index in [0.29, 0.717) is 18.4 Å². The van der Waals surface area contributed by atoms with Crippen molar-refractivity contribution in [3.8, 4) is 11.5 Å². The number of ether oxygens (including phenoxy) is 3. The summed E-state index contributed by atoms with van der Waals surface area (Å²) in [4.78, 5) is 184. The zero-order valence-corrected chi connectivity index (χ0v) is 57.9. The predicted octanol–water partition coefficient (Wildman–Crippen LogP) is -3.60. The number of amides is 12. The Bertz CT molecular complexity index is 3130. The molecule has 2 heterocycles. The van der Waals surface area contributed by atoms with Gasteiger partial charge in [-0.3, -0.25) is 57.5 Å². The van der Waals surface area contributed by atoms with E-state index in [-0.39, 0.29) is 36.8 Å². The molecule has 0 aliphatic carbocycles. The Labute approximate surface area is 569 Å². The molecule has 6 unspecified atom stereocenters. The van der Waals surface area contributed by atoms with E-state index in [0.717, 1.165) is 43.9 Å². The van der Waals surface area contributed by atoms with Gasteiger partial charge in [-0.1, -0.05) is 83.9 Å². The number of rotatable bonds is 26. The molecule has 0 aromatic heterocycles. The third kappa shape index (κ3) is 24.2. The molecule has 1 aromatic carbocycles. The molecule has 2 aliphatic heterocycles. The lowest BCUT2D eigenvalue weighted by Crippen LogP contribution is -2.64. The predicted molar refractivity (Wildman–Crippen MR) is 351 cm³/mol. The maximum absolute atomic E-state index is 15.1. The fourth-order valence-electron chi connectivity index (χ4n) is 10.3. The average molecular weight is 1390 g/mol. The van der Waals surface area contributed by atoms with Crippen LogP contribution in [0.1, 0.15) is 114 Å². The van der Waals surface area contributed by atoms with Crippen LogP contribution in [-0.2, 0) is 78.2 Å². The van der Waals surface area contributed by atoms with Crippen LogP contribution in [-0.4, -0.2) is 226 Å². The smallest absolute Gasteiger partial charge is 0.329 e. The van der Waals surface area contributed by atoms with Crippen LogP contribution in [0.15, 0.2) is 53.8 Å². The van der Waals surface area contributed by atoms with Gasteiger partial charge in [0.05, 0.1) is 39.0 Å². The molecule has 2 saturated heterocycles. The summed E-state index contributed by atoms with van der Waals surface area (Å²) >= 11 is 0. The first-order chi connectivity index (χ1) is 45.8. The van der Waals surface area contributed by atoms with Gasteiger partial charge < -0.3 is 104 Å². The first-order valence-electron chi connectivity index (χ1n) is 32.3. The number of carbonyl (C=O) groups excluding carboxylic acids is 13. The van der Waals surface area contributed by atoms with Crippen LogP contribution in [0, 0.1) is 23.7 Å². The van der Waals surface area contributed by atoms with Gasteiger partial charge in [0.1, 0.15) is 66.2 Å². The minimum atomic E-state index is -2.45. The normalized spacial score (nSPS) is 23.8. The number of fused-ring (bicyclic) bond motifs is 1. The number of allylic oxidation sites excluding steroid dienone is 4. The lowest BCUT2D eigenvalue weighted by Gasteiger charge is -2.39. The number of primary amides is 1. The lowest BCUT2D eigenvalue weighted by molar-refractivity contribution is -0.167. The molecule has 0 spiro atoms. The van der Waals surface area contributed by atoms with E-state index in [1.54, 1.807) is 6.92 Å². The van der Waals surface area contributed by atoms with Crippen LogP contribution in [0.2, 0.25) is 0 Å². The van der Waals surface area contributed by atoms with E-state index in [1.807, 2.05) is 19.9 Å². The highest BCUT2D eigenvalue weighted by molar-refractivity contribution is 6.03. The van der Waals surface area contributed by atoms with Crippen LogP contribution < -0.4 is 63.6 Å². The molecule has 98 heavy (non-hydrogen) atoms. The molecule has 33 nitrogen and oxygen atoms in total. The van der Waals surface area contributed by atoms with Gasteiger partial charge >= 0.3 is 5.97 Å². The monoisotopic (exact) mass is 1380 g/mol. The quantitative estimate of drug-likeness (QED) is 0.0242. The Hall–Kier alpha value is -9.05. The summed E-state index contributed by atoms with van der Waals surface area (Å²) in [5.41, 5.74) is 3.72. The summed E-state index contributed by atoms with van der Waals surface area (Å²) in [6.07, 6.45) is -0.0287. The van der Waals surface area contributed by atoms with Crippen molar-refractivity contribution in [3.05, 3.63) is 59.3 Å². The van der Waals surface area contributed by atoms with E-state index in [4.69, 9.17) is 19.9 Å². The number of aliphatic hydroxyl groups is 4. The fraction of sp³-hybridized carbons (Fsp3) is 0.615. The number of benzene rings is 1. The van der Waals surface area contributed by atoms with E-state index < -0.39 is 198 Å². The van der Waals surface area contributed by atoms with Crippen LogP contribution in [0.3, 0.4) is 0 Å². The second kappa shape index (κ2) is 38.8. The first kappa shape index (κ1) is 83.2. The molecule has 2 aliphatic rings. The van der Waals surface area contributed by atoms with E-state index in [1.165, 1.54) is 85.9 Å². The molecule has 0 saturated carbocycles. The molecule has 17 N–H and O–H groups in total. The number of nitrogens with one attached hydrogen (secondary N) is 10. The molecule has 1 aromatic rings. The van der Waals surface area contributed by atoms with Gasteiger partial charge in [0.15, 0.2) is 17.1 Å². The first-order valence-corrected chi connectivity index (χ1v) is 32.3. The minimum absolute atomic E-state index is 0.00902. The summed E-state index contributed by atoms with van der Waals surface area (Å²) in [5.74, 6) is -18.0. The summed E-state index contributed by atoms with van der Waals surface area (Å²) in [7, 11) is 2.43. The number of hydrogen-bond acceptors (Lipinski definition) is 21. The van der Waals surface area contributed by atoms with Gasteiger partial charge in [-0.2, -0.15) is 0 Å². The minimum Gasteiger partial charge on any atom is -0.504 e. The maximum Gasteiger partial charge on any atom is 0.329 e. The van der Waals surface area contributed by atoms with Crippen LogP contribution in [0.5, 0.6) is 11.5 Å². The number of nitrogens with zero attached hydrogens (tertiary/aromatic N) is 1. The van der Waals surface area contributed by atoms with Crippen molar-refractivity contribution in [2.24, 2.45) is 29.4 Å². The number of esters is 1. The number of carbonyl (C=O) groups is 13. The summed E-state index contributed by atoms with van der Waals surface area (Å²) < 4.78 is 16.7. The van der Waals surface area contributed by atoms with Crippen molar-refractivity contribution in [2.75, 3.05) is 40.5 Å². The van der Waals surface area contributed by atoms with Crippen molar-refractivity contribution >= 4 is 76.9 Å². The van der Waals surface area contributed by atoms with E-state index >= 15 is 14.4 Å². The van der Waals surface area contributed by atoms with Gasteiger partial charge in [-0.25, -0.2) is 4.79 Å². The molecule has 0 bridgehead atoms. The summed E-state index contributed by atoms with van der Waals surface area (Å²) in [6, 6.07) is -9.75. The Morgan fingerprint density at radius 2 is 1.51 bits per heavy atom. The largest absolute Gasteiger partial charge is 0.504 e. The summed E-state index contributed by atoms with van der Waals surface area (Å²) in [5, 5.41) is 77.2. The number of cyclic esters (lactones) is 1. The van der Waals surface area contributed by atoms with Gasteiger partial charge in [-0.05, 0) is 96.3 Å². The number of phenols is 1. The molecule has 12 amide bonds. The Morgan fingerprint density at radius 1 is 0.857 bits per heavy atom. The number of hydrogen-bond donors (Lipinski definition) is 16. The molecular weight excluding hydrogens is 1280 g/mol. The van der Waals surface area contributed by atoms with Crippen molar-refractivity contribution in [3.63, 3.8) is 0 Å². The van der Waals surface area contributed by atoms with Crippen LogP contribution >= 0.6 is 0 Å². The molecule has 0 radical (unpaired) electrons. The zero-order valence-electron chi connectivity index (χ0n) is 57.9. The molecule has 3 rings (SSSR count). The SMILES string of the molecule is C/C=C(/NC(=O)[C@H](NC(=O)CNC(=O)C(C)(O)C(O)/C=C\C(C)=C\C(C)CC)[C@H](C)O)C(=O)N[C@H](C(=O)N[C@H]1C(=O)NC(COC)C(=O)NCC(=O)N[C@@H](C)C(=O)NC([C@H](C)O)C(=O)N[C@@H](Cc2ccc(O)c(OC)c2)C(=O)N2CCCC[C@H]2C(=O)OC1C(C)C)[C@@H](C)[C@@H](C)C(N)=O. The zero-order chi connectivity index (χ0) is 74.2. The van der Waals surface area contributed by atoms with Crippen molar-refractivity contribution in [1.82, 2.24) is 58.1 Å². The molecular formula is C65H100N12O21. The topological polar surface area (TPSA) is 500 Å². The van der Waals surface area contributed by atoms with E-state index in [2.05, 4.69) is 53.2 Å². The van der Waals surface area contributed by atoms with Gasteiger partial charge in [0.25, 0.3) is 11.8 Å². The third-order valence-corrected chi connectivity index (χ3v) is 16.8. The maximum atomic E-state index is 15.1. The average Bonchev–Trinajstić information content (AvgIpc) is 0.809. The van der Waals surface area contributed by atoms with Gasteiger partial charge in [-0.15, -0.1) is 0 Å². The van der Waals surface area contributed by atoms with Crippen molar-refractivity contribution < 1.29 is 102 Å². The number of methoxy groups -OCH3 is 2. The fourth-order valence-corrected chi connectivity index (χ4v) is 10.3. The van der Waals surface area contributed by atoms with E-state index in [9.17, 15) is 73.5 Å². The van der Waals surface area contributed by atoms with Crippen LogP contribution in [0.25, 0.3) is 0 Å². The van der Waals surface area contributed by atoms with Crippen molar-refractivity contribution in [2.45, 2.75) is 194 Å². The standard InChI is InChI=1S/C65H100N12O21/c1-15-32(5)25-33(6)20-23-46(81)65(12,95)64(94)68-29-48(83)73-50(37(10)78)59(89)70-40(16-2)57(87)74-49(34(7)35(8)54(66)84)58(88)76-52-53(31(3)4)98-63(93)43-19-17-18-24-77(43)62(92)41(26-39-21-22-44(80)45(27-39)97-14)71-60(90)51(38(11)79)75-55(85)36(9)69-47(82)28-67-56(86)42(30-96-13)72-61(52)91/h16,20-23,25,27,31-32,34-38,41-43,46,49-53,78-81,95H,15,17-19,24,26,28-30H2,1-14H3,(H2,66,84)(H,67,86)(H,68,94)(H,69,82)(H,70,89)(H,71,90)(H,72,91)(H,73,83)(H,74,87)(H,75,85)(H,76,88)/b23-20-,33-25+,40-16+/t32?,34-,35+,36-,37-,38-,41-,42?,43-,46?,49-,50+,51?,52+,53?,65?/m0/s1. The third-order valence-electron chi connectivity index (χ3n) is 16.8.